The molecule has 1 amide bonds. The molecule has 0 spiro atoms. The highest BCUT2D eigenvalue weighted by Crippen LogP contribution is 2.20. The number of anilines is 1. The first kappa shape index (κ1) is 14.0. The van der Waals surface area contributed by atoms with Crippen molar-refractivity contribution in [1.29, 1.82) is 0 Å². The van der Waals surface area contributed by atoms with Crippen LogP contribution in [0.25, 0.3) is 0 Å². The molecule has 6 nitrogen and oxygen atoms in total. The van der Waals surface area contributed by atoms with Crippen LogP contribution in [0.5, 0.6) is 0 Å². The van der Waals surface area contributed by atoms with E-state index in [1.807, 2.05) is 0 Å². The van der Waals surface area contributed by atoms with Gasteiger partial charge in [-0.15, -0.1) is 0 Å². The molecule has 0 radical (unpaired) electrons. The Labute approximate surface area is 116 Å². The molecule has 1 unspecified atom stereocenters. The number of carbonyl (C=O) groups is 1. The van der Waals surface area contributed by atoms with Crippen LogP contribution in [0.15, 0.2) is 12.3 Å². The predicted molar refractivity (Wildman–Crippen MR) is 73.0 cm³/mol. The van der Waals surface area contributed by atoms with E-state index in [-0.39, 0.29) is 12.0 Å². The molecule has 0 aliphatic carbocycles. The van der Waals surface area contributed by atoms with Crippen molar-refractivity contribution < 1.29 is 9.53 Å². The van der Waals surface area contributed by atoms with Crippen LogP contribution in [-0.2, 0) is 4.74 Å². The Balaban J connectivity index is 2.03. The van der Waals surface area contributed by atoms with Crippen molar-refractivity contribution in [2.75, 3.05) is 25.6 Å². The van der Waals surface area contributed by atoms with Gasteiger partial charge in [0.1, 0.15) is 0 Å². The van der Waals surface area contributed by atoms with Crippen LogP contribution in [0.4, 0.5) is 5.82 Å². The molecule has 2 rings (SSSR count). The number of hydrogen-bond acceptors (Lipinski definition) is 5. The number of pyridine rings is 1. The quantitative estimate of drug-likeness (QED) is 0.643. The smallest absolute Gasteiger partial charge is 0.255 e. The third-order valence-electron chi connectivity index (χ3n) is 3.07. The highest BCUT2D eigenvalue weighted by molar-refractivity contribution is 6.33. The zero-order valence-corrected chi connectivity index (χ0v) is 11.5. The average molecular weight is 285 g/mol. The zero-order chi connectivity index (χ0) is 13.8. The van der Waals surface area contributed by atoms with Crippen LogP contribution in [0.2, 0.25) is 5.02 Å². The Morgan fingerprint density at radius 2 is 2.53 bits per heavy atom. The van der Waals surface area contributed by atoms with E-state index in [1.165, 1.54) is 6.20 Å². The van der Waals surface area contributed by atoms with Gasteiger partial charge in [0.15, 0.2) is 5.82 Å². The number of hydrogen-bond donors (Lipinski definition) is 2. The van der Waals surface area contributed by atoms with E-state index >= 15 is 0 Å². The third-order valence-corrected chi connectivity index (χ3v) is 3.36. The second-order valence-corrected chi connectivity index (χ2v) is 4.93. The Bertz CT molecular complexity index is 463. The molecule has 7 heteroatoms. The Kier molecular flexibility index (Phi) is 4.57. The number of rotatable bonds is 4. The van der Waals surface area contributed by atoms with Crippen LogP contribution in [0.1, 0.15) is 23.2 Å². The molecular formula is C12H17ClN4O2. The van der Waals surface area contributed by atoms with Gasteiger partial charge in [-0.05, 0) is 18.9 Å². The number of ether oxygens (including phenoxy) is 1. The van der Waals surface area contributed by atoms with Crippen LogP contribution >= 0.6 is 11.6 Å². The van der Waals surface area contributed by atoms with Gasteiger partial charge in [-0.2, -0.15) is 0 Å². The lowest BCUT2D eigenvalue weighted by atomic mass is 10.2. The van der Waals surface area contributed by atoms with Gasteiger partial charge in [-0.1, -0.05) is 11.6 Å². The number of aromatic nitrogens is 1. The minimum absolute atomic E-state index is 0.127. The van der Waals surface area contributed by atoms with Gasteiger partial charge in [0.05, 0.1) is 16.7 Å². The normalized spacial score (nSPS) is 18.4. The molecular weight excluding hydrogens is 268 g/mol. The molecule has 3 N–H and O–H groups in total. The zero-order valence-electron chi connectivity index (χ0n) is 10.7. The molecule has 1 aliphatic rings. The summed E-state index contributed by atoms with van der Waals surface area (Å²) in [4.78, 5) is 17.8. The molecule has 1 aromatic rings. The van der Waals surface area contributed by atoms with Crippen molar-refractivity contribution in [3.05, 3.63) is 22.8 Å². The Morgan fingerprint density at radius 1 is 1.74 bits per heavy atom. The summed E-state index contributed by atoms with van der Waals surface area (Å²) in [6.45, 7) is 1.35. The van der Waals surface area contributed by atoms with E-state index in [9.17, 15) is 4.79 Å². The lowest BCUT2D eigenvalue weighted by molar-refractivity contribution is 0.0587. The number of nitrogens with zero attached hydrogens (tertiary/aromatic N) is 2. The van der Waals surface area contributed by atoms with Gasteiger partial charge in [0, 0.05) is 26.4 Å². The molecule has 1 aromatic heterocycles. The number of carbonyl (C=O) groups excluding carboxylic acids is 1. The summed E-state index contributed by atoms with van der Waals surface area (Å²) in [5.74, 6) is 5.45. The lowest BCUT2D eigenvalue weighted by Gasteiger charge is -2.21. The highest BCUT2D eigenvalue weighted by atomic mass is 35.5. The van der Waals surface area contributed by atoms with E-state index in [0.717, 1.165) is 19.4 Å². The van der Waals surface area contributed by atoms with Crippen molar-refractivity contribution in [3.8, 4) is 0 Å². The summed E-state index contributed by atoms with van der Waals surface area (Å²) in [6, 6.07) is 1.55. The lowest BCUT2D eigenvalue weighted by Crippen LogP contribution is -2.34. The number of nitrogens with one attached hydrogen (secondary N) is 1. The summed E-state index contributed by atoms with van der Waals surface area (Å²) in [6.07, 6.45) is 3.63. The van der Waals surface area contributed by atoms with Crippen molar-refractivity contribution in [2.24, 2.45) is 5.84 Å². The molecule has 0 saturated carbocycles. The van der Waals surface area contributed by atoms with Gasteiger partial charge < -0.3 is 15.1 Å². The largest absolute Gasteiger partial charge is 0.376 e. The predicted octanol–water partition coefficient (Wildman–Crippen LogP) is 1.27. The van der Waals surface area contributed by atoms with Gasteiger partial charge in [-0.25, -0.2) is 10.8 Å². The molecule has 2 heterocycles. The standard InChI is InChI=1S/C12H17ClN4O2/c1-17(7-9-3-2-4-19-9)12(18)8-5-10(13)11(16-14)15-6-8/h5-6,9H,2-4,7,14H2,1H3,(H,15,16). The van der Waals surface area contributed by atoms with Gasteiger partial charge in [0.25, 0.3) is 5.91 Å². The Morgan fingerprint density at radius 3 is 3.11 bits per heavy atom. The summed E-state index contributed by atoms with van der Waals surface area (Å²) in [7, 11) is 1.74. The highest BCUT2D eigenvalue weighted by Gasteiger charge is 2.21. The van der Waals surface area contributed by atoms with Gasteiger partial charge in [-0.3, -0.25) is 4.79 Å². The molecule has 0 aromatic carbocycles. The minimum Gasteiger partial charge on any atom is -0.376 e. The van der Waals surface area contributed by atoms with Crippen LogP contribution in [0.3, 0.4) is 0 Å². The fourth-order valence-electron chi connectivity index (χ4n) is 2.06. The van der Waals surface area contributed by atoms with Gasteiger partial charge in [0.2, 0.25) is 0 Å². The van der Waals surface area contributed by atoms with Crippen molar-refractivity contribution in [1.82, 2.24) is 9.88 Å². The second-order valence-electron chi connectivity index (χ2n) is 4.52. The number of nitrogen functional groups attached to an aromatic ring is 1. The van der Waals surface area contributed by atoms with Crippen LogP contribution in [-0.4, -0.2) is 42.1 Å². The van der Waals surface area contributed by atoms with E-state index in [2.05, 4.69) is 10.4 Å². The number of hydrazine groups is 1. The minimum atomic E-state index is -0.131. The summed E-state index contributed by atoms with van der Waals surface area (Å²) in [5.41, 5.74) is 2.80. The number of halogens is 1. The molecule has 0 bridgehead atoms. The van der Waals surface area contributed by atoms with Gasteiger partial charge >= 0.3 is 0 Å². The number of amides is 1. The molecule has 1 aliphatic heterocycles. The van der Waals surface area contributed by atoms with Crippen molar-refractivity contribution in [2.45, 2.75) is 18.9 Å². The molecule has 1 fully saturated rings. The summed E-state index contributed by atoms with van der Waals surface area (Å²) < 4.78 is 5.51. The first-order valence-corrected chi connectivity index (χ1v) is 6.49. The molecule has 1 saturated heterocycles. The first-order valence-electron chi connectivity index (χ1n) is 6.11. The molecule has 104 valence electrons. The average Bonchev–Trinajstić information content (AvgIpc) is 2.90. The topological polar surface area (TPSA) is 80.5 Å². The third kappa shape index (κ3) is 3.34. The molecule has 1 atom stereocenters. The van der Waals surface area contributed by atoms with Crippen molar-refractivity contribution >= 4 is 23.3 Å². The maximum atomic E-state index is 12.2. The van der Waals surface area contributed by atoms with E-state index in [4.69, 9.17) is 22.2 Å². The maximum Gasteiger partial charge on any atom is 0.255 e. The van der Waals surface area contributed by atoms with Crippen LogP contribution in [0, 0.1) is 0 Å². The first-order chi connectivity index (χ1) is 9.11. The fourth-order valence-corrected chi connectivity index (χ4v) is 2.28. The summed E-state index contributed by atoms with van der Waals surface area (Å²) >= 11 is 5.95. The number of nitrogens with two attached hydrogens (primary N) is 1. The monoisotopic (exact) mass is 284 g/mol. The SMILES string of the molecule is CN(CC1CCCO1)C(=O)c1cnc(NN)c(Cl)c1. The molecule has 19 heavy (non-hydrogen) atoms. The van der Waals surface area contributed by atoms with E-state index < -0.39 is 0 Å². The second kappa shape index (κ2) is 6.18. The van der Waals surface area contributed by atoms with E-state index in [0.29, 0.717) is 22.9 Å². The summed E-state index contributed by atoms with van der Waals surface area (Å²) in [5, 5.41) is 0.318. The Hall–Kier alpha value is -1.37. The van der Waals surface area contributed by atoms with Crippen LogP contribution < -0.4 is 11.3 Å². The van der Waals surface area contributed by atoms with Crippen molar-refractivity contribution in [3.63, 3.8) is 0 Å². The number of likely N-dealkylation sites (N-methyl/N-ethyl adjacent to an activating group) is 1. The van der Waals surface area contributed by atoms with E-state index in [1.54, 1.807) is 18.0 Å². The fraction of sp³-hybridized carbons (Fsp3) is 0.500. The maximum absolute atomic E-state index is 12.2.